The van der Waals surface area contributed by atoms with Crippen molar-refractivity contribution in [3.8, 4) is 0 Å². The fourth-order valence-electron chi connectivity index (χ4n) is 5.17. The highest BCUT2D eigenvalue weighted by atomic mass is 16.2. The highest BCUT2D eigenvalue weighted by molar-refractivity contribution is 6.13. The molecule has 208 valence electrons. The van der Waals surface area contributed by atoms with Crippen LogP contribution in [-0.2, 0) is 16.1 Å². The number of para-hydroxylation sites is 2. The number of amides is 3. The monoisotopic (exact) mass is 548 g/mol. The number of aryl methyl sites for hydroxylation is 1. The molecule has 1 aliphatic rings. The Labute approximate surface area is 238 Å². The molecule has 0 saturated carbocycles. The molecule has 0 aromatic heterocycles. The van der Waals surface area contributed by atoms with Gasteiger partial charge in [-0.3, -0.25) is 19.2 Å². The summed E-state index contributed by atoms with van der Waals surface area (Å²) < 4.78 is 0. The Hall–Kier alpha value is -4.82. The van der Waals surface area contributed by atoms with Crippen LogP contribution in [0.2, 0.25) is 0 Å². The van der Waals surface area contributed by atoms with E-state index in [9.17, 15) is 19.2 Å². The average Bonchev–Trinajstić information content (AvgIpc) is 3.08. The van der Waals surface area contributed by atoms with E-state index in [1.165, 1.54) is 11.8 Å². The van der Waals surface area contributed by atoms with Crippen LogP contribution in [0.5, 0.6) is 0 Å². The van der Waals surface area contributed by atoms with Crippen molar-refractivity contribution < 1.29 is 19.2 Å². The maximum Gasteiger partial charge on any atom is 0.258 e. The minimum absolute atomic E-state index is 0.0907. The molecule has 3 N–H and O–H groups in total. The Balaban J connectivity index is 1.63. The van der Waals surface area contributed by atoms with Crippen molar-refractivity contribution in [2.45, 2.75) is 39.4 Å². The molecule has 0 fully saturated rings. The fourth-order valence-corrected chi connectivity index (χ4v) is 5.17. The van der Waals surface area contributed by atoms with Gasteiger partial charge >= 0.3 is 0 Å². The third kappa shape index (κ3) is 5.47. The van der Waals surface area contributed by atoms with Gasteiger partial charge in [0.2, 0.25) is 5.91 Å². The van der Waals surface area contributed by atoms with E-state index in [0.29, 0.717) is 22.5 Å². The van der Waals surface area contributed by atoms with Crippen molar-refractivity contribution in [2.75, 3.05) is 16.3 Å². The number of nitrogens with zero attached hydrogens (tertiary/aromatic N) is 2. The van der Waals surface area contributed by atoms with E-state index in [2.05, 4.69) is 11.4 Å². The zero-order valence-electron chi connectivity index (χ0n) is 23.3. The number of carbonyl (C=O) groups is 4. The molecule has 41 heavy (non-hydrogen) atoms. The van der Waals surface area contributed by atoms with Crippen LogP contribution in [0.3, 0.4) is 0 Å². The van der Waals surface area contributed by atoms with Gasteiger partial charge in [0.15, 0.2) is 5.78 Å². The minimum atomic E-state index is -1.04. The summed E-state index contributed by atoms with van der Waals surface area (Å²) in [6.07, 6.45) is 0. The first kappa shape index (κ1) is 27.7. The zero-order chi connectivity index (χ0) is 29.3. The third-order valence-electron chi connectivity index (χ3n) is 7.50. The van der Waals surface area contributed by atoms with Gasteiger partial charge in [0, 0.05) is 11.1 Å². The van der Waals surface area contributed by atoms with Crippen LogP contribution >= 0.6 is 0 Å². The van der Waals surface area contributed by atoms with E-state index in [4.69, 9.17) is 5.73 Å². The van der Waals surface area contributed by atoms with Crippen LogP contribution < -0.4 is 20.9 Å². The number of nitrogens with two attached hydrogens (primary N) is 1. The molecule has 3 amide bonds. The van der Waals surface area contributed by atoms with E-state index < -0.39 is 18.0 Å². The summed E-state index contributed by atoms with van der Waals surface area (Å²) in [5, 5.41) is 4.85. The maximum atomic E-state index is 14.2. The van der Waals surface area contributed by atoms with Crippen molar-refractivity contribution in [1.82, 2.24) is 5.32 Å². The molecule has 1 heterocycles. The molecular formula is C33H32N4O4. The SMILES string of the molecule is CC(=O)c1ccc(C(=O)N2CC(NC(=O)[C@H](C)N)C(=O)N(Cc3c(C)ccc4ccccc34)c3ccccc32)cc1. The van der Waals surface area contributed by atoms with Gasteiger partial charge in [0.1, 0.15) is 6.04 Å². The van der Waals surface area contributed by atoms with Crippen molar-refractivity contribution >= 4 is 45.7 Å². The number of Topliss-reactive ketones (excluding diaryl/α,β-unsaturated/α-hetero) is 1. The number of nitrogens with one attached hydrogen (secondary N) is 1. The number of carbonyl (C=O) groups excluding carboxylic acids is 4. The highest BCUT2D eigenvalue weighted by Gasteiger charge is 2.37. The quantitative estimate of drug-likeness (QED) is 0.348. The van der Waals surface area contributed by atoms with Gasteiger partial charge in [-0.25, -0.2) is 0 Å². The zero-order valence-corrected chi connectivity index (χ0v) is 23.3. The molecule has 1 unspecified atom stereocenters. The fraction of sp³-hybridized carbons (Fsp3) is 0.212. The number of anilines is 2. The van der Waals surface area contributed by atoms with Crippen molar-refractivity contribution in [3.63, 3.8) is 0 Å². The van der Waals surface area contributed by atoms with Gasteiger partial charge in [-0.15, -0.1) is 0 Å². The third-order valence-corrected chi connectivity index (χ3v) is 7.50. The Morgan fingerprint density at radius 2 is 1.54 bits per heavy atom. The van der Waals surface area contributed by atoms with Crippen molar-refractivity contribution in [3.05, 3.63) is 107 Å². The minimum Gasteiger partial charge on any atom is -0.341 e. The van der Waals surface area contributed by atoms with Crippen LogP contribution in [0.4, 0.5) is 11.4 Å². The molecule has 8 heteroatoms. The molecule has 0 bridgehead atoms. The van der Waals surface area contributed by atoms with Crippen LogP contribution in [0, 0.1) is 6.92 Å². The van der Waals surface area contributed by atoms with Crippen LogP contribution in [0.25, 0.3) is 10.8 Å². The van der Waals surface area contributed by atoms with E-state index in [0.717, 1.165) is 21.9 Å². The number of hydrogen-bond acceptors (Lipinski definition) is 5. The predicted octanol–water partition coefficient (Wildman–Crippen LogP) is 4.38. The normalized spacial score (nSPS) is 15.7. The lowest BCUT2D eigenvalue weighted by molar-refractivity contribution is -0.127. The Morgan fingerprint density at radius 1 is 0.902 bits per heavy atom. The molecule has 1 aliphatic heterocycles. The molecule has 0 saturated heterocycles. The number of rotatable bonds is 6. The first-order valence-electron chi connectivity index (χ1n) is 13.5. The topological polar surface area (TPSA) is 113 Å². The van der Waals surface area contributed by atoms with E-state index in [-0.39, 0.29) is 30.7 Å². The largest absolute Gasteiger partial charge is 0.341 e. The lowest BCUT2D eigenvalue weighted by Gasteiger charge is -2.27. The number of ketones is 1. The van der Waals surface area contributed by atoms with Crippen molar-refractivity contribution in [2.24, 2.45) is 5.73 Å². The Morgan fingerprint density at radius 3 is 2.22 bits per heavy atom. The van der Waals surface area contributed by atoms with Gasteiger partial charge < -0.3 is 20.9 Å². The van der Waals surface area contributed by atoms with Gasteiger partial charge in [0.05, 0.1) is 30.5 Å². The smallest absolute Gasteiger partial charge is 0.258 e. The Bertz CT molecular complexity index is 1660. The molecular weight excluding hydrogens is 516 g/mol. The number of benzene rings is 4. The lowest BCUT2D eigenvalue weighted by Crippen LogP contribution is -2.55. The van der Waals surface area contributed by atoms with Crippen LogP contribution in [0.1, 0.15) is 45.7 Å². The van der Waals surface area contributed by atoms with Gasteiger partial charge in [-0.1, -0.05) is 60.7 Å². The van der Waals surface area contributed by atoms with E-state index in [1.54, 1.807) is 42.2 Å². The lowest BCUT2D eigenvalue weighted by atomic mass is 9.99. The van der Waals surface area contributed by atoms with E-state index in [1.807, 2.05) is 55.5 Å². The molecule has 8 nitrogen and oxygen atoms in total. The summed E-state index contributed by atoms with van der Waals surface area (Å²) in [6.45, 7) is 5.16. The molecule has 5 rings (SSSR count). The predicted molar refractivity (Wildman–Crippen MR) is 160 cm³/mol. The second-order valence-electron chi connectivity index (χ2n) is 10.4. The highest BCUT2D eigenvalue weighted by Crippen LogP contribution is 2.36. The van der Waals surface area contributed by atoms with Crippen LogP contribution in [-0.4, -0.2) is 42.1 Å². The first-order chi connectivity index (χ1) is 19.7. The van der Waals surface area contributed by atoms with E-state index >= 15 is 0 Å². The second kappa shape index (κ2) is 11.3. The Kier molecular flexibility index (Phi) is 7.68. The summed E-state index contributed by atoms with van der Waals surface area (Å²) in [5.41, 5.74) is 9.78. The molecule has 4 aromatic carbocycles. The summed E-state index contributed by atoms with van der Waals surface area (Å²) in [4.78, 5) is 55.8. The molecule has 0 spiro atoms. The van der Waals surface area contributed by atoms with Gasteiger partial charge in [0.25, 0.3) is 11.8 Å². The van der Waals surface area contributed by atoms with Gasteiger partial charge in [-0.2, -0.15) is 0 Å². The maximum absolute atomic E-state index is 14.2. The summed E-state index contributed by atoms with van der Waals surface area (Å²) in [5.74, 6) is -1.30. The van der Waals surface area contributed by atoms with Gasteiger partial charge in [-0.05, 0) is 66.9 Å². The average molecular weight is 549 g/mol. The van der Waals surface area contributed by atoms with Crippen molar-refractivity contribution in [1.29, 1.82) is 0 Å². The summed E-state index contributed by atoms with van der Waals surface area (Å²) >= 11 is 0. The molecule has 2 atom stereocenters. The molecule has 0 radical (unpaired) electrons. The molecule has 4 aromatic rings. The number of fused-ring (bicyclic) bond motifs is 2. The second-order valence-corrected chi connectivity index (χ2v) is 10.4. The number of hydrogen-bond donors (Lipinski definition) is 2. The summed E-state index contributed by atoms with van der Waals surface area (Å²) in [7, 11) is 0. The summed E-state index contributed by atoms with van der Waals surface area (Å²) in [6, 6.07) is 23.8. The van der Waals surface area contributed by atoms with Crippen LogP contribution in [0.15, 0.2) is 84.9 Å². The standard InChI is InChI=1S/C33H32N4O4/c1-20-12-13-24-8-4-5-9-26(24)27(20)18-36-29-10-6-7-11-30(29)37(19-28(33(36)41)35-31(39)21(2)34)32(40)25-16-14-23(15-17-25)22(3)38/h4-17,21,28H,18-19,34H2,1-3H3,(H,35,39)/t21-,28?/m0/s1. The first-order valence-corrected chi connectivity index (χ1v) is 13.5. The molecule has 0 aliphatic carbocycles.